The van der Waals surface area contributed by atoms with Crippen LogP contribution in [-0.4, -0.2) is 61.6 Å². The molecule has 0 saturated carbocycles. The lowest BCUT2D eigenvalue weighted by Gasteiger charge is -2.34. The number of hydrogen-bond donors (Lipinski definition) is 1. The fourth-order valence-electron chi connectivity index (χ4n) is 4.46. The molecule has 0 unspecified atom stereocenters. The quantitative estimate of drug-likeness (QED) is 0.590. The number of hydrogen-bond acceptors (Lipinski definition) is 4. The fraction of sp³-hybridized carbons (Fsp3) is 0.500. The van der Waals surface area contributed by atoms with Crippen LogP contribution in [0.25, 0.3) is 0 Å². The average Bonchev–Trinajstić information content (AvgIpc) is 2.81. The molecule has 166 valence electrons. The van der Waals surface area contributed by atoms with Crippen molar-refractivity contribution in [3.05, 3.63) is 59.7 Å². The number of piperazine rings is 1. The lowest BCUT2D eigenvalue weighted by Crippen LogP contribution is -2.46. The highest BCUT2D eigenvalue weighted by atomic mass is 16.5. The molecule has 2 aromatic carbocycles. The van der Waals surface area contributed by atoms with E-state index in [4.69, 9.17) is 4.74 Å². The Bertz CT molecular complexity index is 832. The molecule has 4 rings (SSSR count). The first-order valence-corrected chi connectivity index (χ1v) is 11.8. The van der Waals surface area contributed by atoms with Crippen LogP contribution in [0.15, 0.2) is 48.5 Å². The van der Waals surface area contributed by atoms with Gasteiger partial charge in [-0.15, -0.1) is 0 Å². The molecule has 2 aliphatic rings. The van der Waals surface area contributed by atoms with Gasteiger partial charge in [-0.25, -0.2) is 0 Å². The highest BCUT2D eigenvalue weighted by Gasteiger charge is 2.17. The summed E-state index contributed by atoms with van der Waals surface area (Å²) in [5.41, 5.74) is 3.56. The molecule has 1 N–H and O–H groups in total. The smallest absolute Gasteiger partial charge is 0.224 e. The van der Waals surface area contributed by atoms with Gasteiger partial charge in [0.2, 0.25) is 5.91 Å². The molecule has 2 aromatic rings. The fourth-order valence-corrected chi connectivity index (χ4v) is 4.46. The Labute approximate surface area is 186 Å². The van der Waals surface area contributed by atoms with Crippen LogP contribution in [0.2, 0.25) is 0 Å². The van der Waals surface area contributed by atoms with Gasteiger partial charge in [-0.2, -0.15) is 0 Å². The lowest BCUT2D eigenvalue weighted by atomic mass is 10.0. The molecule has 0 bridgehead atoms. The van der Waals surface area contributed by atoms with Gasteiger partial charge in [0, 0.05) is 50.9 Å². The number of carbonyl (C=O) groups is 1. The number of unbranched alkanes of at least 4 members (excludes halogenated alkanes) is 1. The zero-order valence-electron chi connectivity index (χ0n) is 18.5. The summed E-state index contributed by atoms with van der Waals surface area (Å²) in [6.45, 7) is 7.69. The molecule has 2 aliphatic heterocycles. The third kappa shape index (κ3) is 6.81. The van der Waals surface area contributed by atoms with Crippen LogP contribution in [0.4, 0.5) is 5.69 Å². The van der Waals surface area contributed by atoms with Crippen LogP contribution in [0.1, 0.15) is 36.8 Å². The molecule has 0 atom stereocenters. The van der Waals surface area contributed by atoms with Gasteiger partial charge in [-0.1, -0.05) is 36.4 Å². The minimum absolute atomic E-state index is 0.0972. The molecular weight excluding hydrogens is 386 g/mol. The number of anilines is 1. The van der Waals surface area contributed by atoms with Crippen molar-refractivity contribution in [3.63, 3.8) is 0 Å². The molecule has 1 saturated heterocycles. The Morgan fingerprint density at radius 3 is 2.35 bits per heavy atom. The third-order valence-corrected chi connectivity index (χ3v) is 6.36. The Balaban J connectivity index is 1.06. The van der Waals surface area contributed by atoms with Crippen molar-refractivity contribution in [2.24, 2.45) is 0 Å². The monoisotopic (exact) mass is 421 g/mol. The molecule has 0 aromatic heterocycles. The minimum atomic E-state index is 0.0972. The van der Waals surface area contributed by atoms with E-state index in [1.54, 1.807) is 0 Å². The van der Waals surface area contributed by atoms with E-state index in [0.717, 1.165) is 43.9 Å². The van der Waals surface area contributed by atoms with Gasteiger partial charge in [0.1, 0.15) is 5.75 Å². The highest BCUT2D eigenvalue weighted by molar-refractivity contribution is 5.94. The maximum absolute atomic E-state index is 11.6. The largest absolute Gasteiger partial charge is 0.493 e. The Morgan fingerprint density at radius 1 is 0.839 bits per heavy atom. The number of fused-ring (bicyclic) bond motifs is 1. The van der Waals surface area contributed by atoms with E-state index in [2.05, 4.69) is 51.5 Å². The SMILES string of the molecule is O=C1CCc2ccc(OCCCN3CCN(CCCCc4ccccc4)CC3)cc2N1. The predicted molar refractivity (Wildman–Crippen MR) is 126 cm³/mol. The lowest BCUT2D eigenvalue weighted by molar-refractivity contribution is -0.116. The van der Waals surface area contributed by atoms with Crippen molar-refractivity contribution in [1.82, 2.24) is 9.80 Å². The van der Waals surface area contributed by atoms with Gasteiger partial charge in [0.25, 0.3) is 0 Å². The van der Waals surface area contributed by atoms with E-state index < -0.39 is 0 Å². The molecule has 5 heteroatoms. The van der Waals surface area contributed by atoms with Crippen LogP contribution < -0.4 is 10.1 Å². The highest BCUT2D eigenvalue weighted by Crippen LogP contribution is 2.27. The molecule has 0 spiro atoms. The number of amides is 1. The summed E-state index contributed by atoms with van der Waals surface area (Å²) in [4.78, 5) is 16.7. The first-order chi connectivity index (χ1) is 15.3. The number of benzene rings is 2. The summed E-state index contributed by atoms with van der Waals surface area (Å²) in [6, 6.07) is 16.9. The summed E-state index contributed by atoms with van der Waals surface area (Å²) in [6.07, 6.45) is 6.17. The minimum Gasteiger partial charge on any atom is -0.493 e. The number of nitrogens with one attached hydrogen (secondary N) is 1. The first kappa shape index (κ1) is 21.8. The van der Waals surface area contributed by atoms with Crippen molar-refractivity contribution >= 4 is 11.6 Å². The summed E-state index contributed by atoms with van der Waals surface area (Å²) >= 11 is 0. The van der Waals surface area contributed by atoms with Gasteiger partial charge in [-0.05, 0) is 55.8 Å². The van der Waals surface area contributed by atoms with Gasteiger partial charge in [0.15, 0.2) is 0 Å². The standard InChI is InChI=1S/C26H35N3O2/c30-26-13-11-23-10-12-24(21-25(23)27-26)31-20-6-15-29-18-16-28(17-19-29)14-5-4-9-22-7-2-1-3-8-22/h1-3,7-8,10,12,21H,4-6,9,11,13-20H2,(H,27,30). The number of aryl methyl sites for hydroxylation is 2. The van der Waals surface area contributed by atoms with Crippen molar-refractivity contribution in [3.8, 4) is 5.75 Å². The average molecular weight is 422 g/mol. The zero-order chi connectivity index (χ0) is 21.3. The summed E-state index contributed by atoms with van der Waals surface area (Å²) in [5.74, 6) is 0.946. The third-order valence-electron chi connectivity index (χ3n) is 6.36. The Kier molecular flexibility index (Phi) is 7.97. The molecule has 0 aliphatic carbocycles. The molecule has 1 fully saturated rings. The number of nitrogens with zero attached hydrogens (tertiary/aromatic N) is 2. The first-order valence-electron chi connectivity index (χ1n) is 11.8. The van der Waals surface area contributed by atoms with Crippen LogP contribution in [0.3, 0.4) is 0 Å². The van der Waals surface area contributed by atoms with Crippen molar-refractivity contribution in [2.75, 3.05) is 51.2 Å². The Morgan fingerprint density at radius 2 is 1.58 bits per heavy atom. The predicted octanol–water partition coefficient (Wildman–Crippen LogP) is 3.98. The summed E-state index contributed by atoms with van der Waals surface area (Å²) in [5, 5.41) is 2.94. The zero-order valence-corrected chi connectivity index (χ0v) is 18.5. The van der Waals surface area contributed by atoms with Crippen LogP contribution >= 0.6 is 0 Å². The maximum atomic E-state index is 11.6. The molecule has 31 heavy (non-hydrogen) atoms. The van der Waals surface area contributed by atoms with Crippen molar-refractivity contribution < 1.29 is 9.53 Å². The van der Waals surface area contributed by atoms with Gasteiger partial charge >= 0.3 is 0 Å². The topological polar surface area (TPSA) is 44.8 Å². The normalized spacial score (nSPS) is 17.2. The molecule has 5 nitrogen and oxygen atoms in total. The van der Waals surface area contributed by atoms with Crippen LogP contribution in [0.5, 0.6) is 5.75 Å². The van der Waals surface area contributed by atoms with E-state index in [-0.39, 0.29) is 5.91 Å². The van der Waals surface area contributed by atoms with Crippen LogP contribution in [-0.2, 0) is 17.6 Å². The number of rotatable bonds is 10. The van der Waals surface area contributed by atoms with E-state index in [1.165, 1.54) is 50.0 Å². The molecular formula is C26H35N3O2. The second-order valence-corrected chi connectivity index (χ2v) is 8.70. The van der Waals surface area contributed by atoms with Gasteiger partial charge < -0.3 is 19.9 Å². The summed E-state index contributed by atoms with van der Waals surface area (Å²) in [7, 11) is 0. The van der Waals surface area contributed by atoms with E-state index in [0.29, 0.717) is 13.0 Å². The van der Waals surface area contributed by atoms with Crippen molar-refractivity contribution in [1.29, 1.82) is 0 Å². The van der Waals surface area contributed by atoms with Crippen LogP contribution in [0, 0.1) is 0 Å². The van der Waals surface area contributed by atoms with E-state index in [9.17, 15) is 4.79 Å². The summed E-state index contributed by atoms with van der Waals surface area (Å²) < 4.78 is 5.93. The molecule has 2 heterocycles. The molecule has 0 radical (unpaired) electrons. The van der Waals surface area contributed by atoms with E-state index in [1.807, 2.05) is 12.1 Å². The van der Waals surface area contributed by atoms with Crippen molar-refractivity contribution in [2.45, 2.75) is 38.5 Å². The Hall–Kier alpha value is -2.37. The van der Waals surface area contributed by atoms with Gasteiger partial charge in [-0.3, -0.25) is 4.79 Å². The second-order valence-electron chi connectivity index (χ2n) is 8.70. The van der Waals surface area contributed by atoms with Gasteiger partial charge in [0.05, 0.1) is 6.61 Å². The second kappa shape index (κ2) is 11.3. The number of ether oxygens (including phenoxy) is 1. The molecule has 1 amide bonds. The maximum Gasteiger partial charge on any atom is 0.224 e. The number of carbonyl (C=O) groups excluding carboxylic acids is 1. The van der Waals surface area contributed by atoms with E-state index >= 15 is 0 Å².